The Hall–Kier alpha value is -2.55. The lowest BCUT2D eigenvalue weighted by Crippen LogP contribution is -1.97. The quantitative estimate of drug-likeness (QED) is 0.682. The van der Waals surface area contributed by atoms with Crippen LogP contribution in [0.25, 0.3) is 10.9 Å². The molecule has 0 radical (unpaired) electrons. The topological polar surface area (TPSA) is 50.9 Å². The molecule has 0 aliphatic heterocycles. The number of nitrogens with zero attached hydrogens (tertiary/aromatic N) is 1. The molecule has 1 heterocycles. The van der Waals surface area contributed by atoms with E-state index in [0.29, 0.717) is 5.69 Å². The minimum absolute atomic E-state index is 0.701. The van der Waals surface area contributed by atoms with E-state index in [1.807, 2.05) is 24.3 Å². The number of rotatable bonds is 2. The summed E-state index contributed by atoms with van der Waals surface area (Å²) in [5, 5.41) is 4.52. The number of aryl methyl sites for hydroxylation is 1. The van der Waals surface area contributed by atoms with Crippen molar-refractivity contribution in [3.05, 3.63) is 59.8 Å². The minimum Gasteiger partial charge on any atom is -0.397 e. The molecule has 3 heteroatoms. The molecule has 3 rings (SSSR count). The van der Waals surface area contributed by atoms with Crippen molar-refractivity contribution in [2.45, 2.75) is 13.8 Å². The van der Waals surface area contributed by atoms with Crippen LogP contribution in [0.2, 0.25) is 0 Å². The monoisotopic (exact) mass is 263 g/mol. The summed E-state index contributed by atoms with van der Waals surface area (Å²) in [5.74, 6) is 0. The average Bonchev–Trinajstić information content (AvgIpc) is 2.47. The number of hydrogen-bond donors (Lipinski definition) is 2. The van der Waals surface area contributed by atoms with E-state index in [1.165, 1.54) is 11.1 Å². The number of benzene rings is 2. The minimum atomic E-state index is 0.701. The van der Waals surface area contributed by atoms with E-state index in [4.69, 9.17) is 5.73 Å². The molecule has 3 aromatic rings. The molecule has 1 aromatic heterocycles. The van der Waals surface area contributed by atoms with Crippen LogP contribution in [0.15, 0.2) is 48.7 Å². The lowest BCUT2D eigenvalue weighted by molar-refractivity contribution is 1.33. The number of nitrogens with two attached hydrogens (primary N) is 1. The second-order valence-electron chi connectivity index (χ2n) is 4.97. The zero-order chi connectivity index (χ0) is 14.1. The highest BCUT2D eigenvalue weighted by atomic mass is 14.9. The van der Waals surface area contributed by atoms with Gasteiger partial charge in [-0.15, -0.1) is 0 Å². The summed E-state index contributed by atoms with van der Waals surface area (Å²) in [7, 11) is 0. The number of pyridine rings is 1. The number of anilines is 3. The van der Waals surface area contributed by atoms with Crippen LogP contribution in [0, 0.1) is 13.8 Å². The summed E-state index contributed by atoms with van der Waals surface area (Å²) in [4.78, 5) is 4.36. The largest absolute Gasteiger partial charge is 0.397 e. The van der Waals surface area contributed by atoms with Crippen LogP contribution in [0.4, 0.5) is 17.1 Å². The molecule has 0 atom stereocenters. The molecular weight excluding hydrogens is 246 g/mol. The maximum atomic E-state index is 5.98. The van der Waals surface area contributed by atoms with Crippen molar-refractivity contribution >= 4 is 28.0 Å². The fourth-order valence-corrected chi connectivity index (χ4v) is 2.34. The van der Waals surface area contributed by atoms with Gasteiger partial charge in [-0.05, 0) is 55.3 Å². The molecule has 3 nitrogen and oxygen atoms in total. The Morgan fingerprint density at radius 1 is 0.950 bits per heavy atom. The van der Waals surface area contributed by atoms with Gasteiger partial charge in [-0.25, -0.2) is 0 Å². The number of fused-ring (bicyclic) bond motifs is 1. The van der Waals surface area contributed by atoms with Crippen LogP contribution in [-0.2, 0) is 0 Å². The fourth-order valence-electron chi connectivity index (χ4n) is 2.34. The van der Waals surface area contributed by atoms with Gasteiger partial charge in [-0.3, -0.25) is 4.98 Å². The van der Waals surface area contributed by atoms with Crippen molar-refractivity contribution in [3.8, 4) is 0 Å². The molecule has 0 saturated carbocycles. The molecule has 0 unspecified atom stereocenters. The molecule has 3 N–H and O–H groups in total. The smallest absolute Gasteiger partial charge is 0.0951 e. The van der Waals surface area contributed by atoms with Gasteiger partial charge in [0.2, 0.25) is 0 Å². The number of nitrogen functional groups attached to an aromatic ring is 1. The van der Waals surface area contributed by atoms with Crippen molar-refractivity contribution in [2.75, 3.05) is 11.1 Å². The molecule has 0 aliphatic rings. The van der Waals surface area contributed by atoms with Gasteiger partial charge in [0.25, 0.3) is 0 Å². The first-order valence-corrected chi connectivity index (χ1v) is 6.63. The van der Waals surface area contributed by atoms with Crippen molar-refractivity contribution in [1.29, 1.82) is 0 Å². The van der Waals surface area contributed by atoms with Crippen LogP contribution < -0.4 is 11.1 Å². The van der Waals surface area contributed by atoms with Crippen LogP contribution in [0.5, 0.6) is 0 Å². The van der Waals surface area contributed by atoms with E-state index in [9.17, 15) is 0 Å². The average molecular weight is 263 g/mol. The van der Waals surface area contributed by atoms with Gasteiger partial charge >= 0.3 is 0 Å². The maximum absolute atomic E-state index is 5.98. The maximum Gasteiger partial charge on any atom is 0.0951 e. The van der Waals surface area contributed by atoms with Gasteiger partial charge in [0.05, 0.1) is 11.2 Å². The summed E-state index contributed by atoms with van der Waals surface area (Å²) in [6.45, 7) is 4.23. The lowest BCUT2D eigenvalue weighted by atomic mass is 10.1. The van der Waals surface area contributed by atoms with Gasteiger partial charge in [-0.2, -0.15) is 0 Å². The van der Waals surface area contributed by atoms with Gasteiger partial charge < -0.3 is 11.1 Å². The van der Waals surface area contributed by atoms with E-state index < -0.39 is 0 Å². The van der Waals surface area contributed by atoms with E-state index in [1.54, 1.807) is 6.20 Å². The first kappa shape index (κ1) is 12.5. The molecule has 0 bridgehead atoms. The van der Waals surface area contributed by atoms with Crippen molar-refractivity contribution in [2.24, 2.45) is 0 Å². The first-order chi connectivity index (χ1) is 9.66. The fraction of sp³-hybridized carbons (Fsp3) is 0.118. The Labute approximate surface area is 118 Å². The van der Waals surface area contributed by atoms with Crippen LogP contribution in [0.1, 0.15) is 11.1 Å². The Morgan fingerprint density at radius 2 is 1.80 bits per heavy atom. The second kappa shape index (κ2) is 4.85. The lowest BCUT2D eigenvalue weighted by Gasteiger charge is -2.14. The molecule has 2 aromatic carbocycles. The molecule has 0 amide bonds. The third kappa shape index (κ3) is 2.07. The highest BCUT2D eigenvalue weighted by molar-refractivity contribution is 5.99. The summed E-state index contributed by atoms with van der Waals surface area (Å²) in [6.07, 6.45) is 1.76. The van der Waals surface area contributed by atoms with Gasteiger partial charge in [0.1, 0.15) is 0 Å². The SMILES string of the molecule is Cc1cccc(Nc2ccc(N)c3ncccc23)c1C. The van der Waals surface area contributed by atoms with Crippen molar-refractivity contribution in [3.63, 3.8) is 0 Å². The zero-order valence-corrected chi connectivity index (χ0v) is 11.6. The highest BCUT2D eigenvalue weighted by Crippen LogP contribution is 2.30. The van der Waals surface area contributed by atoms with E-state index in [0.717, 1.165) is 22.3 Å². The third-order valence-corrected chi connectivity index (χ3v) is 3.67. The Balaban J connectivity index is 2.12. The summed E-state index contributed by atoms with van der Waals surface area (Å²) in [6, 6.07) is 14.1. The van der Waals surface area contributed by atoms with Gasteiger partial charge in [-0.1, -0.05) is 12.1 Å². The number of nitrogens with one attached hydrogen (secondary N) is 1. The molecule has 0 saturated heterocycles. The Morgan fingerprint density at radius 3 is 2.65 bits per heavy atom. The highest BCUT2D eigenvalue weighted by Gasteiger charge is 2.07. The van der Waals surface area contributed by atoms with Crippen molar-refractivity contribution < 1.29 is 0 Å². The van der Waals surface area contributed by atoms with Crippen LogP contribution >= 0.6 is 0 Å². The van der Waals surface area contributed by atoms with Crippen LogP contribution in [0.3, 0.4) is 0 Å². The van der Waals surface area contributed by atoms with Gasteiger partial charge in [0.15, 0.2) is 0 Å². The summed E-state index contributed by atoms with van der Waals surface area (Å²) < 4.78 is 0. The predicted molar refractivity (Wildman–Crippen MR) is 85.4 cm³/mol. The first-order valence-electron chi connectivity index (χ1n) is 6.63. The normalized spacial score (nSPS) is 10.7. The van der Waals surface area contributed by atoms with E-state index in [-0.39, 0.29) is 0 Å². The molecule has 0 spiro atoms. The van der Waals surface area contributed by atoms with Crippen LogP contribution in [-0.4, -0.2) is 4.98 Å². The Kier molecular flexibility index (Phi) is 3.03. The standard InChI is InChI=1S/C17H17N3/c1-11-5-3-7-15(12(11)2)20-16-9-8-14(18)17-13(16)6-4-10-19-17/h3-10,20H,18H2,1-2H3. The van der Waals surface area contributed by atoms with Gasteiger partial charge in [0, 0.05) is 23.0 Å². The molecule has 0 fully saturated rings. The van der Waals surface area contributed by atoms with E-state index >= 15 is 0 Å². The molecule has 0 aliphatic carbocycles. The predicted octanol–water partition coefficient (Wildman–Crippen LogP) is 4.18. The molecule has 100 valence electrons. The summed E-state index contributed by atoms with van der Waals surface area (Å²) in [5.41, 5.74) is 12.2. The Bertz CT molecular complexity index is 778. The second-order valence-corrected chi connectivity index (χ2v) is 4.97. The van der Waals surface area contributed by atoms with E-state index in [2.05, 4.69) is 42.3 Å². The van der Waals surface area contributed by atoms with Crippen molar-refractivity contribution in [1.82, 2.24) is 4.98 Å². The summed E-state index contributed by atoms with van der Waals surface area (Å²) >= 11 is 0. The zero-order valence-electron chi connectivity index (χ0n) is 11.6. The molecule has 20 heavy (non-hydrogen) atoms. The number of aromatic nitrogens is 1. The number of hydrogen-bond acceptors (Lipinski definition) is 3. The third-order valence-electron chi connectivity index (χ3n) is 3.67. The molecular formula is C17H17N3.